The summed E-state index contributed by atoms with van der Waals surface area (Å²) >= 11 is 7.94. The van der Waals surface area contributed by atoms with Crippen molar-refractivity contribution in [3.05, 3.63) is 34.9 Å². The molecule has 1 fully saturated rings. The largest absolute Gasteiger partial charge is 0.381 e. The van der Waals surface area contributed by atoms with E-state index >= 15 is 0 Å². The summed E-state index contributed by atoms with van der Waals surface area (Å²) in [6, 6.07) is 7.92. The standard InChI is InChI=1S/C15H20ClNO2S/c16-14-5-2-1-4-13(14)11-20-9-3-7-17-15(18)12-6-8-19-10-12/h1-2,4-5,12H,3,6-11H2,(H,17,18)/t12-/m1/s1. The van der Waals surface area contributed by atoms with E-state index in [1.165, 1.54) is 5.56 Å². The molecule has 0 aliphatic carbocycles. The first-order valence-corrected chi connectivity index (χ1v) is 8.47. The fourth-order valence-electron chi connectivity index (χ4n) is 2.07. The molecule has 1 atom stereocenters. The fraction of sp³-hybridized carbons (Fsp3) is 0.533. The lowest BCUT2D eigenvalue weighted by Gasteiger charge is -2.09. The Labute approximate surface area is 129 Å². The maximum atomic E-state index is 11.7. The third-order valence-corrected chi connectivity index (χ3v) is 4.74. The fourth-order valence-corrected chi connectivity index (χ4v) is 3.32. The predicted octanol–water partition coefficient (Wildman–Crippen LogP) is 3.12. The SMILES string of the molecule is O=C(NCCCSCc1ccccc1Cl)[C@@H]1CCOC1. The number of ether oxygens (including phenoxy) is 1. The molecule has 1 saturated heterocycles. The van der Waals surface area contributed by atoms with Crippen LogP contribution in [-0.4, -0.2) is 31.4 Å². The van der Waals surface area contributed by atoms with Crippen LogP contribution >= 0.6 is 23.4 Å². The van der Waals surface area contributed by atoms with Crippen molar-refractivity contribution in [2.24, 2.45) is 5.92 Å². The molecule has 0 radical (unpaired) electrons. The third kappa shape index (κ3) is 5.00. The Kier molecular flexibility index (Phi) is 6.70. The molecule has 5 heteroatoms. The van der Waals surface area contributed by atoms with Gasteiger partial charge in [-0.25, -0.2) is 0 Å². The topological polar surface area (TPSA) is 38.3 Å². The van der Waals surface area contributed by atoms with Gasteiger partial charge in [-0.1, -0.05) is 29.8 Å². The van der Waals surface area contributed by atoms with Crippen LogP contribution in [0.15, 0.2) is 24.3 Å². The molecule has 1 N–H and O–H groups in total. The monoisotopic (exact) mass is 313 g/mol. The lowest BCUT2D eigenvalue weighted by molar-refractivity contribution is -0.124. The van der Waals surface area contributed by atoms with Crippen LogP contribution in [0.1, 0.15) is 18.4 Å². The number of carbonyl (C=O) groups is 1. The summed E-state index contributed by atoms with van der Waals surface area (Å²) in [6.07, 6.45) is 1.83. The van der Waals surface area contributed by atoms with Gasteiger partial charge in [-0.05, 0) is 30.2 Å². The first-order chi connectivity index (χ1) is 9.77. The van der Waals surface area contributed by atoms with Crippen molar-refractivity contribution in [1.29, 1.82) is 0 Å². The van der Waals surface area contributed by atoms with Gasteiger partial charge >= 0.3 is 0 Å². The van der Waals surface area contributed by atoms with Crippen molar-refractivity contribution in [2.45, 2.75) is 18.6 Å². The minimum Gasteiger partial charge on any atom is -0.381 e. The molecule has 0 bridgehead atoms. The van der Waals surface area contributed by atoms with Crippen LogP contribution in [0.4, 0.5) is 0 Å². The van der Waals surface area contributed by atoms with Crippen molar-refractivity contribution in [3.63, 3.8) is 0 Å². The number of hydrogen-bond donors (Lipinski definition) is 1. The van der Waals surface area contributed by atoms with Crippen LogP contribution in [0.2, 0.25) is 5.02 Å². The van der Waals surface area contributed by atoms with E-state index in [1.807, 2.05) is 30.0 Å². The second kappa shape index (κ2) is 8.55. The molecule has 1 aliphatic heterocycles. The summed E-state index contributed by atoms with van der Waals surface area (Å²) in [4.78, 5) is 11.7. The Morgan fingerprint density at radius 3 is 3.05 bits per heavy atom. The molecule has 1 amide bonds. The average Bonchev–Trinajstić information content (AvgIpc) is 2.98. The van der Waals surface area contributed by atoms with Crippen molar-refractivity contribution in [1.82, 2.24) is 5.32 Å². The highest BCUT2D eigenvalue weighted by Gasteiger charge is 2.22. The van der Waals surface area contributed by atoms with Gasteiger partial charge in [0.2, 0.25) is 5.91 Å². The normalized spacial score (nSPS) is 18.1. The summed E-state index contributed by atoms with van der Waals surface area (Å²) in [5.74, 6) is 2.14. The highest BCUT2D eigenvalue weighted by molar-refractivity contribution is 7.98. The van der Waals surface area contributed by atoms with Gasteiger partial charge in [0.15, 0.2) is 0 Å². The predicted molar refractivity (Wildman–Crippen MR) is 84.2 cm³/mol. The molecule has 2 rings (SSSR count). The molecule has 1 aromatic rings. The zero-order valence-electron chi connectivity index (χ0n) is 11.4. The second-order valence-corrected chi connectivity index (χ2v) is 6.36. The van der Waals surface area contributed by atoms with Crippen molar-refractivity contribution in [3.8, 4) is 0 Å². The number of carbonyl (C=O) groups excluding carboxylic acids is 1. The number of amides is 1. The second-order valence-electron chi connectivity index (χ2n) is 4.85. The van der Waals surface area contributed by atoms with Gasteiger partial charge in [-0.15, -0.1) is 0 Å². The number of rotatable bonds is 7. The highest BCUT2D eigenvalue weighted by atomic mass is 35.5. The Morgan fingerprint density at radius 2 is 2.30 bits per heavy atom. The lowest BCUT2D eigenvalue weighted by Crippen LogP contribution is -2.31. The number of hydrogen-bond acceptors (Lipinski definition) is 3. The van der Waals surface area contributed by atoms with E-state index < -0.39 is 0 Å². The zero-order chi connectivity index (χ0) is 14.2. The summed E-state index contributed by atoms with van der Waals surface area (Å²) < 4.78 is 5.21. The lowest BCUT2D eigenvalue weighted by atomic mass is 10.1. The maximum absolute atomic E-state index is 11.7. The smallest absolute Gasteiger partial charge is 0.225 e. The van der Waals surface area contributed by atoms with Gasteiger partial charge < -0.3 is 10.1 Å². The molecule has 3 nitrogen and oxygen atoms in total. The van der Waals surface area contributed by atoms with Crippen molar-refractivity contribution >= 4 is 29.3 Å². The summed E-state index contributed by atoms with van der Waals surface area (Å²) in [7, 11) is 0. The Bertz CT molecular complexity index is 436. The summed E-state index contributed by atoms with van der Waals surface area (Å²) in [5, 5.41) is 3.80. The number of nitrogens with one attached hydrogen (secondary N) is 1. The van der Waals surface area contributed by atoms with E-state index in [-0.39, 0.29) is 11.8 Å². The van der Waals surface area contributed by atoms with Gasteiger partial charge in [0.1, 0.15) is 0 Å². The Balaban J connectivity index is 1.53. The van der Waals surface area contributed by atoms with Crippen molar-refractivity contribution < 1.29 is 9.53 Å². The van der Waals surface area contributed by atoms with E-state index in [0.717, 1.165) is 35.9 Å². The molecule has 1 aromatic carbocycles. The average molecular weight is 314 g/mol. The molecule has 0 spiro atoms. The van der Waals surface area contributed by atoms with Crippen LogP contribution in [0.5, 0.6) is 0 Å². The number of halogens is 1. The van der Waals surface area contributed by atoms with Crippen LogP contribution in [0.25, 0.3) is 0 Å². The first kappa shape index (κ1) is 15.7. The van der Waals surface area contributed by atoms with E-state index in [2.05, 4.69) is 11.4 Å². The molecule has 20 heavy (non-hydrogen) atoms. The molecule has 1 heterocycles. The minimum absolute atomic E-state index is 0.0609. The molecule has 0 aromatic heterocycles. The number of benzene rings is 1. The van der Waals surface area contributed by atoms with Gasteiger partial charge in [0, 0.05) is 23.9 Å². The number of thioether (sulfide) groups is 1. The van der Waals surface area contributed by atoms with E-state index in [4.69, 9.17) is 16.3 Å². The van der Waals surface area contributed by atoms with Crippen LogP contribution in [-0.2, 0) is 15.3 Å². The van der Waals surface area contributed by atoms with Crippen LogP contribution in [0, 0.1) is 5.92 Å². The molecule has 110 valence electrons. The first-order valence-electron chi connectivity index (χ1n) is 6.94. The third-order valence-electron chi connectivity index (χ3n) is 3.28. The Hall–Kier alpha value is -0.710. The minimum atomic E-state index is 0.0609. The van der Waals surface area contributed by atoms with E-state index in [1.54, 1.807) is 0 Å². The van der Waals surface area contributed by atoms with Gasteiger partial charge in [-0.3, -0.25) is 4.79 Å². The van der Waals surface area contributed by atoms with Crippen molar-refractivity contribution in [2.75, 3.05) is 25.5 Å². The summed E-state index contributed by atoms with van der Waals surface area (Å²) in [6.45, 7) is 2.03. The van der Waals surface area contributed by atoms with Crippen LogP contribution < -0.4 is 5.32 Å². The molecule has 0 saturated carbocycles. The van der Waals surface area contributed by atoms with Crippen LogP contribution in [0.3, 0.4) is 0 Å². The molecular formula is C15H20ClNO2S. The molecule has 1 aliphatic rings. The zero-order valence-corrected chi connectivity index (χ0v) is 13.0. The highest BCUT2D eigenvalue weighted by Crippen LogP contribution is 2.20. The van der Waals surface area contributed by atoms with E-state index in [0.29, 0.717) is 13.2 Å². The van der Waals surface area contributed by atoms with Gasteiger partial charge in [0.25, 0.3) is 0 Å². The molecule has 0 unspecified atom stereocenters. The quantitative estimate of drug-likeness (QED) is 0.786. The maximum Gasteiger partial charge on any atom is 0.225 e. The van der Waals surface area contributed by atoms with E-state index in [9.17, 15) is 4.79 Å². The molecular weight excluding hydrogens is 294 g/mol. The van der Waals surface area contributed by atoms with Gasteiger partial charge in [-0.2, -0.15) is 11.8 Å². The summed E-state index contributed by atoms with van der Waals surface area (Å²) in [5.41, 5.74) is 1.17. The Morgan fingerprint density at radius 1 is 1.45 bits per heavy atom. The van der Waals surface area contributed by atoms with Gasteiger partial charge in [0.05, 0.1) is 12.5 Å².